The van der Waals surface area contributed by atoms with Gasteiger partial charge < -0.3 is 29.9 Å². The zero-order chi connectivity index (χ0) is 40.5. The predicted molar refractivity (Wildman–Crippen MR) is 243 cm³/mol. The largest absolute Gasteiger partial charge is 0.357 e. The van der Waals surface area contributed by atoms with E-state index >= 15 is 0 Å². The third kappa shape index (κ3) is 6.08. The van der Waals surface area contributed by atoms with Crippen molar-refractivity contribution < 1.29 is 21.0 Å². The van der Waals surface area contributed by atoms with E-state index in [1.165, 1.54) is 0 Å². The van der Waals surface area contributed by atoms with Gasteiger partial charge in [0.2, 0.25) is 0 Å². The molecule has 0 saturated carbocycles. The Hall–Kier alpha value is -7.46. The molecule has 11 aromatic rings. The van der Waals surface area contributed by atoms with E-state index in [4.69, 9.17) is 43.5 Å². The summed E-state index contributed by atoms with van der Waals surface area (Å²) < 4.78 is 8.19. The Bertz CT molecular complexity index is 3280. The Labute approximate surface area is 358 Å². The van der Waals surface area contributed by atoms with E-state index in [9.17, 15) is 0 Å². The minimum absolute atomic E-state index is 0. The first-order valence-electron chi connectivity index (χ1n) is 19.7. The first-order chi connectivity index (χ1) is 29.7. The zero-order valence-electron chi connectivity index (χ0n) is 32.3. The molecule has 0 spiro atoms. The molecule has 61 heavy (non-hydrogen) atoms. The van der Waals surface area contributed by atoms with Crippen LogP contribution in [0.15, 0.2) is 146 Å². The third-order valence-electron chi connectivity index (χ3n) is 11.2. The van der Waals surface area contributed by atoms with Crippen molar-refractivity contribution in [1.82, 2.24) is 39.9 Å². The Morgan fingerprint density at radius 3 is 0.738 bits per heavy atom. The molecule has 2 aliphatic rings. The monoisotopic (exact) mass is 825 g/mol. The van der Waals surface area contributed by atoms with Gasteiger partial charge in [-0.05, 0) is 113 Å². The number of aromatic nitrogens is 8. The maximum absolute atomic E-state index is 8.19. The molecule has 0 atom stereocenters. The molecule has 9 nitrogen and oxygen atoms in total. The number of fused-ring (bicyclic) bond motifs is 24. The standard InChI is InChI=1S/C48H24N8.C2H6.CH4.O.V/c1-2-10-26-18-34-33(17-25(26)9-1)41-49-42(34)54-44-37-21-29-13-5-6-14-30(29)22-38(37)46(51-44)56-48-40-24-32-16-8-7-15-31(32)23-39(40)47(52-48)55-45-36-20-28-12-4-3-11-27(28)19-35(36)43(50-45)53-41;1-2;;;/h1-24H;1-2H3;1H4;;/q-2;;;;+2. The molecule has 5 heterocycles. The molecule has 8 bridgehead atoms. The topological polar surface area (TPSA) is 123 Å². The minimum atomic E-state index is 0. The van der Waals surface area contributed by atoms with E-state index in [1.807, 2.05) is 62.4 Å². The van der Waals surface area contributed by atoms with Crippen molar-refractivity contribution in [2.45, 2.75) is 21.3 Å². The first-order valence-corrected chi connectivity index (χ1v) is 20.3. The molecular weight excluding hydrogens is 792 g/mol. The van der Waals surface area contributed by atoms with Crippen molar-refractivity contribution >= 4 is 87.2 Å². The molecule has 10 heteroatoms. The second-order valence-electron chi connectivity index (χ2n) is 14.5. The van der Waals surface area contributed by atoms with Crippen LogP contribution >= 0.6 is 0 Å². The van der Waals surface area contributed by atoms with Crippen LogP contribution in [-0.2, 0) is 21.0 Å². The molecule has 2 aliphatic heterocycles. The summed E-state index contributed by atoms with van der Waals surface area (Å²) in [6.45, 7) is 4.00. The molecule has 0 amide bonds. The van der Waals surface area contributed by atoms with Gasteiger partial charge >= 0.3 is 21.0 Å². The number of nitrogens with zero attached hydrogens (tertiary/aromatic N) is 8. The fourth-order valence-corrected chi connectivity index (χ4v) is 8.41. The van der Waals surface area contributed by atoms with Gasteiger partial charge in [-0.2, -0.15) is 0 Å². The SMILES string of the molecule is C.CC.[O]=[V+2].c1ccc2cc3c(cc2c1)-c1nc-3nc2[n-]c(nc3nc(nc4[n-]c(n1)c1cc5ccccc5cc41)-c1cc4ccccc4cc1-3)c1cc3ccccc3cc21. The van der Waals surface area contributed by atoms with Crippen LogP contribution in [-0.4, -0.2) is 29.9 Å². The van der Waals surface area contributed by atoms with Crippen LogP contribution in [0.2, 0.25) is 0 Å². The molecule has 0 saturated heterocycles. The van der Waals surface area contributed by atoms with Crippen LogP contribution in [0.1, 0.15) is 21.3 Å². The first kappa shape index (κ1) is 37.8. The summed E-state index contributed by atoms with van der Waals surface area (Å²) >= 11 is 1.06. The van der Waals surface area contributed by atoms with Crippen LogP contribution in [0.5, 0.6) is 0 Å². The minimum Gasteiger partial charge on any atom is -0.357 e. The Morgan fingerprint density at radius 1 is 0.328 bits per heavy atom. The van der Waals surface area contributed by atoms with Gasteiger partial charge in [-0.15, -0.1) is 0 Å². The Balaban J connectivity index is 0.000000868. The second-order valence-corrected chi connectivity index (χ2v) is 14.5. The molecular formula is C51H34N8OV. The second kappa shape index (κ2) is 15.0. The van der Waals surface area contributed by atoms with Gasteiger partial charge in [-0.1, -0.05) is 118 Å². The van der Waals surface area contributed by atoms with Crippen molar-refractivity contribution in [3.63, 3.8) is 0 Å². The predicted octanol–water partition coefficient (Wildman–Crippen LogP) is 12.3. The van der Waals surface area contributed by atoms with E-state index in [0.717, 1.165) is 104 Å². The van der Waals surface area contributed by atoms with Gasteiger partial charge in [0.1, 0.15) is 0 Å². The normalized spacial score (nSPS) is 11.5. The van der Waals surface area contributed by atoms with Crippen LogP contribution < -0.4 is 9.97 Å². The van der Waals surface area contributed by atoms with Crippen LogP contribution in [0.4, 0.5) is 0 Å². The molecule has 289 valence electrons. The van der Waals surface area contributed by atoms with Gasteiger partial charge in [0.15, 0.2) is 0 Å². The van der Waals surface area contributed by atoms with Crippen molar-refractivity contribution in [3.05, 3.63) is 146 Å². The van der Waals surface area contributed by atoms with E-state index in [0.29, 0.717) is 45.9 Å². The number of hydrogen-bond donors (Lipinski definition) is 0. The summed E-state index contributed by atoms with van der Waals surface area (Å²) in [7, 11) is 0. The quantitative estimate of drug-likeness (QED) is 0.147. The van der Waals surface area contributed by atoms with Gasteiger partial charge in [0.05, 0.1) is 23.3 Å². The molecule has 8 aromatic carbocycles. The van der Waals surface area contributed by atoms with Gasteiger partial charge in [0.25, 0.3) is 0 Å². The molecule has 0 fully saturated rings. The number of rotatable bonds is 0. The fraction of sp³-hybridized carbons (Fsp3) is 0.0588. The average Bonchev–Trinajstić information content (AvgIpc) is 4.02. The van der Waals surface area contributed by atoms with Crippen molar-refractivity contribution in [2.75, 3.05) is 0 Å². The van der Waals surface area contributed by atoms with Crippen molar-refractivity contribution in [1.29, 1.82) is 0 Å². The Morgan fingerprint density at radius 2 is 0.525 bits per heavy atom. The van der Waals surface area contributed by atoms with Crippen LogP contribution in [0.25, 0.3) is 133 Å². The summed E-state index contributed by atoms with van der Waals surface area (Å²) in [5, 5.41) is 12.2. The summed E-state index contributed by atoms with van der Waals surface area (Å²) in [6.07, 6.45) is 0. The van der Waals surface area contributed by atoms with Crippen molar-refractivity contribution in [3.8, 4) is 45.6 Å². The molecule has 0 N–H and O–H groups in total. The van der Waals surface area contributed by atoms with Crippen LogP contribution in [0.3, 0.4) is 0 Å². The average molecular weight is 826 g/mol. The summed E-state index contributed by atoms with van der Waals surface area (Å²) in [6, 6.07) is 50.4. The smallest absolute Gasteiger partial charge is 0.0928 e. The molecule has 0 radical (unpaired) electrons. The molecule has 0 unspecified atom stereocenters. The molecule has 13 rings (SSSR count). The summed E-state index contributed by atoms with van der Waals surface area (Å²) in [4.78, 5) is 41.6. The van der Waals surface area contributed by atoms with Gasteiger partial charge in [-0.25, -0.2) is 9.97 Å². The van der Waals surface area contributed by atoms with E-state index in [1.54, 1.807) is 0 Å². The number of benzene rings is 8. The molecule has 0 aliphatic carbocycles. The van der Waals surface area contributed by atoms with Gasteiger partial charge in [-0.3, -0.25) is 0 Å². The molecule has 3 aromatic heterocycles. The van der Waals surface area contributed by atoms with Crippen molar-refractivity contribution in [2.24, 2.45) is 0 Å². The zero-order valence-corrected chi connectivity index (χ0v) is 33.7. The fourth-order valence-electron chi connectivity index (χ4n) is 8.41. The number of hydrogen-bond acceptors (Lipinski definition) is 7. The Kier molecular flexibility index (Phi) is 9.28. The van der Waals surface area contributed by atoms with Crippen LogP contribution in [0, 0.1) is 0 Å². The summed E-state index contributed by atoms with van der Waals surface area (Å²) in [5.74, 6) is 2.14. The summed E-state index contributed by atoms with van der Waals surface area (Å²) in [5.41, 5.74) is 5.67. The maximum Gasteiger partial charge on any atom is 0.0928 e. The third-order valence-corrected chi connectivity index (χ3v) is 11.2. The van der Waals surface area contributed by atoms with E-state index < -0.39 is 0 Å². The maximum atomic E-state index is 8.19. The van der Waals surface area contributed by atoms with Gasteiger partial charge in [0, 0.05) is 44.8 Å². The van der Waals surface area contributed by atoms with E-state index in [2.05, 4.69) is 97.1 Å². The van der Waals surface area contributed by atoms with E-state index in [-0.39, 0.29) is 7.43 Å².